The molecule has 0 aliphatic heterocycles. The van der Waals surface area contributed by atoms with Gasteiger partial charge in [-0.2, -0.15) is 0 Å². The fourth-order valence-corrected chi connectivity index (χ4v) is 8.07. The van der Waals surface area contributed by atoms with Crippen LogP contribution in [0.5, 0.6) is 0 Å². The van der Waals surface area contributed by atoms with Crippen LogP contribution in [0.15, 0.2) is 36.5 Å². The fourth-order valence-electron chi connectivity index (χ4n) is 8.07. The quantitative estimate of drug-likeness (QED) is 0.0423. The SMILES string of the molecule is CCCCCCCCCC/C=C\CCCCCCCCCCCCCCCCCC(=O)NC(CO)C(O)/C=C/CC/C=C/CCCCCCCCCCCCCCC. The Morgan fingerprint density at radius 3 is 1.00 bits per heavy atom. The third-order valence-corrected chi connectivity index (χ3v) is 12.1. The van der Waals surface area contributed by atoms with Crippen molar-refractivity contribution in [1.29, 1.82) is 0 Å². The molecule has 0 radical (unpaired) electrons. The van der Waals surface area contributed by atoms with Gasteiger partial charge in [0.15, 0.2) is 0 Å². The first-order chi connectivity index (χ1) is 28.7. The van der Waals surface area contributed by atoms with E-state index in [0.717, 1.165) is 32.1 Å². The van der Waals surface area contributed by atoms with Gasteiger partial charge in [0.1, 0.15) is 0 Å². The summed E-state index contributed by atoms with van der Waals surface area (Å²) in [4.78, 5) is 12.4. The molecule has 4 nitrogen and oxygen atoms in total. The minimum Gasteiger partial charge on any atom is -0.394 e. The van der Waals surface area contributed by atoms with Crippen LogP contribution in [-0.2, 0) is 4.79 Å². The van der Waals surface area contributed by atoms with Crippen molar-refractivity contribution in [3.05, 3.63) is 36.5 Å². The van der Waals surface area contributed by atoms with Crippen molar-refractivity contribution in [3.8, 4) is 0 Å². The maximum atomic E-state index is 12.4. The van der Waals surface area contributed by atoms with Crippen LogP contribution in [0.25, 0.3) is 0 Å². The predicted octanol–water partition coefficient (Wildman–Crippen LogP) is 16.9. The molecular formula is C54H103NO3. The molecule has 0 rings (SSSR count). The first-order valence-electron chi connectivity index (χ1n) is 26.2. The number of hydrogen-bond acceptors (Lipinski definition) is 3. The predicted molar refractivity (Wildman–Crippen MR) is 258 cm³/mol. The largest absolute Gasteiger partial charge is 0.394 e. The molecule has 0 fully saturated rings. The number of unbranched alkanes of at least 4 members (excludes halogenated alkanes) is 37. The summed E-state index contributed by atoms with van der Waals surface area (Å²) in [5.41, 5.74) is 0. The van der Waals surface area contributed by atoms with Gasteiger partial charge in [0.25, 0.3) is 0 Å². The fraction of sp³-hybridized carbons (Fsp3) is 0.870. The van der Waals surface area contributed by atoms with Crippen LogP contribution in [0.4, 0.5) is 0 Å². The molecule has 0 bridgehead atoms. The summed E-state index contributed by atoms with van der Waals surface area (Å²) in [6, 6.07) is -0.638. The summed E-state index contributed by atoms with van der Waals surface area (Å²) >= 11 is 0. The molecular weight excluding hydrogens is 711 g/mol. The normalized spacial score (nSPS) is 13.1. The zero-order valence-electron chi connectivity index (χ0n) is 39.3. The van der Waals surface area contributed by atoms with E-state index in [1.165, 1.54) is 231 Å². The van der Waals surface area contributed by atoms with E-state index in [9.17, 15) is 15.0 Å². The summed E-state index contributed by atoms with van der Waals surface area (Å²) in [7, 11) is 0. The molecule has 0 spiro atoms. The topological polar surface area (TPSA) is 69.6 Å². The number of rotatable bonds is 48. The number of aliphatic hydroxyl groups is 2. The van der Waals surface area contributed by atoms with Crippen LogP contribution >= 0.6 is 0 Å². The summed E-state index contributed by atoms with van der Waals surface area (Å²) in [6.45, 7) is 4.32. The highest BCUT2D eigenvalue weighted by molar-refractivity contribution is 5.76. The Hall–Kier alpha value is -1.39. The number of carbonyl (C=O) groups excluding carboxylic acids is 1. The highest BCUT2D eigenvalue weighted by Crippen LogP contribution is 2.16. The van der Waals surface area contributed by atoms with Gasteiger partial charge in [-0.15, -0.1) is 0 Å². The highest BCUT2D eigenvalue weighted by atomic mass is 16.3. The summed E-state index contributed by atoms with van der Waals surface area (Å²) in [5.74, 6) is -0.0701. The van der Waals surface area contributed by atoms with Crippen LogP contribution in [-0.4, -0.2) is 34.9 Å². The lowest BCUT2D eigenvalue weighted by molar-refractivity contribution is -0.123. The Bertz CT molecular complexity index is 882. The van der Waals surface area contributed by atoms with E-state index >= 15 is 0 Å². The van der Waals surface area contributed by atoms with Crippen molar-refractivity contribution >= 4 is 5.91 Å². The van der Waals surface area contributed by atoms with Gasteiger partial charge in [-0.05, 0) is 57.8 Å². The summed E-state index contributed by atoms with van der Waals surface area (Å²) in [6.07, 6.45) is 67.2. The minimum atomic E-state index is -0.861. The molecule has 0 aliphatic rings. The van der Waals surface area contributed by atoms with Gasteiger partial charge in [0, 0.05) is 6.42 Å². The van der Waals surface area contributed by atoms with Crippen molar-refractivity contribution < 1.29 is 15.0 Å². The lowest BCUT2D eigenvalue weighted by atomic mass is 10.0. The Morgan fingerprint density at radius 1 is 0.397 bits per heavy atom. The van der Waals surface area contributed by atoms with E-state index in [4.69, 9.17) is 0 Å². The van der Waals surface area contributed by atoms with Crippen molar-refractivity contribution in [2.45, 2.75) is 296 Å². The molecule has 3 N–H and O–H groups in total. The zero-order chi connectivity index (χ0) is 42.1. The lowest BCUT2D eigenvalue weighted by Crippen LogP contribution is -2.45. The van der Waals surface area contributed by atoms with Gasteiger partial charge in [-0.25, -0.2) is 0 Å². The second-order valence-electron chi connectivity index (χ2n) is 17.9. The van der Waals surface area contributed by atoms with E-state index in [1.54, 1.807) is 6.08 Å². The first kappa shape index (κ1) is 56.6. The monoisotopic (exact) mass is 814 g/mol. The zero-order valence-corrected chi connectivity index (χ0v) is 39.3. The van der Waals surface area contributed by atoms with Crippen molar-refractivity contribution in [1.82, 2.24) is 5.32 Å². The smallest absolute Gasteiger partial charge is 0.220 e. The molecule has 0 saturated heterocycles. The average molecular weight is 814 g/mol. The van der Waals surface area contributed by atoms with E-state index in [1.807, 2.05) is 6.08 Å². The van der Waals surface area contributed by atoms with Crippen LogP contribution in [0.1, 0.15) is 284 Å². The molecule has 1 amide bonds. The number of hydrogen-bond donors (Lipinski definition) is 3. The number of allylic oxidation sites excluding steroid dienone is 5. The van der Waals surface area contributed by atoms with Gasteiger partial charge in [0.2, 0.25) is 5.91 Å². The Kier molecular flexibility index (Phi) is 48.8. The van der Waals surface area contributed by atoms with Gasteiger partial charge in [-0.1, -0.05) is 256 Å². The first-order valence-corrected chi connectivity index (χ1v) is 26.2. The maximum absolute atomic E-state index is 12.4. The molecule has 0 aromatic carbocycles. The third-order valence-electron chi connectivity index (χ3n) is 12.1. The van der Waals surface area contributed by atoms with E-state index in [0.29, 0.717) is 6.42 Å². The number of aliphatic hydroxyl groups excluding tert-OH is 2. The molecule has 0 saturated carbocycles. The maximum Gasteiger partial charge on any atom is 0.220 e. The molecule has 0 aromatic heterocycles. The van der Waals surface area contributed by atoms with Crippen molar-refractivity contribution in [2.75, 3.05) is 6.61 Å². The van der Waals surface area contributed by atoms with E-state index in [2.05, 4.69) is 43.5 Å². The molecule has 2 unspecified atom stereocenters. The second kappa shape index (κ2) is 50.0. The highest BCUT2D eigenvalue weighted by Gasteiger charge is 2.17. The van der Waals surface area contributed by atoms with Crippen molar-refractivity contribution in [2.24, 2.45) is 0 Å². The van der Waals surface area contributed by atoms with Crippen LogP contribution in [0, 0.1) is 0 Å². The number of carbonyl (C=O) groups is 1. The van der Waals surface area contributed by atoms with Crippen LogP contribution < -0.4 is 5.32 Å². The standard InChI is InChI=1S/C54H103NO3/c1-3-5-7-9-11-13-15-17-19-21-23-24-25-26-27-28-29-30-32-34-36-38-40-42-44-46-48-50-54(58)55-52(51-56)53(57)49-47-45-43-41-39-37-35-33-31-22-20-18-16-14-12-10-8-6-4-2/h21,23,39,41,47,49,52-53,56-57H,3-20,22,24-38,40,42-46,48,50-51H2,1-2H3,(H,55,58)/b23-21-,41-39+,49-47+. The second-order valence-corrected chi connectivity index (χ2v) is 17.9. The molecule has 2 atom stereocenters. The molecule has 342 valence electrons. The Balaban J connectivity index is 3.51. The molecule has 0 heterocycles. The average Bonchev–Trinajstić information content (AvgIpc) is 3.23. The van der Waals surface area contributed by atoms with Gasteiger partial charge >= 0.3 is 0 Å². The summed E-state index contributed by atoms with van der Waals surface area (Å²) < 4.78 is 0. The van der Waals surface area contributed by atoms with Gasteiger partial charge in [0.05, 0.1) is 18.8 Å². The van der Waals surface area contributed by atoms with E-state index in [-0.39, 0.29) is 12.5 Å². The van der Waals surface area contributed by atoms with Crippen molar-refractivity contribution in [3.63, 3.8) is 0 Å². The van der Waals surface area contributed by atoms with E-state index < -0.39 is 12.1 Å². The number of amides is 1. The third kappa shape index (κ3) is 45.7. The van der Waals surface area contributed by atoms with Crippen LogP contribution in [0.3, 0.4) is 0 Å². The Morgan fingerprint density at radius 2 is 0.672 bits per heavy atom. The minimum absolute atomic E-state index is 0.0701. The van der Waals surface area contributed by atoms with Gasteiger partial charge < -0.3 is 15.5 Å². The molecule has 0 aliphatic carbocycles. The Labute approximate surface area is 363 Å². The summed E-state index contributed by atoms with van der Waals surface area (Å²) in [5, 5.41) is 23.1. The van der Waals surface area contributed by atoms with Crippen LogP contribution in [0.2, 0.25) is 0 Å². The lowest BCUT2D eigenvalue weighted by Gasteiger charge is -2.19. The molecule has 0 aromatic rings. The number of nitrogens with one attached hydrogen (secondary N) is 1. The molecule has 58 heavy (non-hydrogen) atoms. The van der Waals surface area contributed by atoms with Gasteiger partial charge in [-0.3, -0.25) is 4.79 Å². The molecule has 4 heteroatoms.